The Labute approximate surface area is 529 Å². The number of benzene rings is 14. The van der Waals surface area contributed by atoms with Gasteiger partial charge in [-0.15, -0.1) is 11.3 Å². The van der Waals surface area contributed by atoms with Crippen LogP contribution in [0, 0.1) is 0 Å². The monoisotopic (exact) mass is 1190 g/mol. The van der Waals surface area contributed by atoms with E-state index >= 15 is 0 Å². The van der Waals surface area contributed by atoms with Gasteiger partial charge in [-0.1, -0.05) is 158 Å². The van der Waals surface area contributed by atoms with Crippen molar-refractivity contribution in [1.82, 2.24) is 29.1 Å². The Bertz CT molecular complexity index is 6530. The zero-order valence-electron chi connectivity index (χ0n) is 49.2. The summed E-state index contributed by atoms with van der Waals surface area (Å²) in [6.45, 7) is 0. The Morgan fingerprint density at radius 2 is 0.674 bits per heavy atom. The molecule has 6 aromatic heterocycles. The van der Waals surface area contributed by atoms with Crippen LogP contribution in [-0.2, 0) is 0 Å². The maximum Gasteiger partial charge on any atom is 0.136 e. The molecule has 0 N–H and O–H groups in total. The molecule has 0 fully saturated rings. The lowest BCUT2D eigenvalue weighted by Gasteiger charge is -2.14. The van der Waals surface area contributed by atoms with E-state index in [1.807, 2.05) is 35.9 Å². The zero-order chi connectivity index (χ0) is 60.1. The lowest BCUT2D eigenvalue weighted by Crippen LogP contribution is -1.99. The molecule has 426 valence electrons. The van der Waals surface area contributed by atoms with E-state index in [2.05, 4.69) is 264 Å². The van der Waals surface area contributed by atoms with Crippen LogP contribution >= 0.6 is 11.3 Å². The maximum absolute atomic E-state index is 6.36. The number of hydrogen-bond acceptors (Lipinski definition) is 6. The molecule has 6 heterocycles. The first-order valence-electron chi connectivity index (χ1n) is 31.0. The summed E-state index contributed by atoms with van der Waals surface area (Å²) in [4.78, 5) is 20.3. The average molecular weight is 1190 g/mol. The van der Waals surface area contributed by atoms with Crippen molar-refractivity contribution in [2.75, 3.05) is 0 Å². The average Bonchev–Trinajstić information content (AvgIpc) is 1.57. The van der Waals surface area contributed by atoms with Gasteiger partial charge >= 0.3 is 0 Å². The first-order valence-corrected chi connectivity index (χ1v) is 31.9. The highest BCUT2D eigenvalue weighted by atomic mass is 32.1. The summed E-state index contributed by atoms with van der Waals surface area (Å²) < 4.78 is 13.6. The van der Waals surface area contributed by atoms with E-state index < -0.39 is 0 Å². The Hall–Kier alpha value is -12.1. The number of para-hydroxylation sites is 1. The molecule has 20 aromatic rings. The molecule has 0 aliphatic rings. The molecule has 0 aliphatic carbocycles. The molecule has 0 spiro atoms. The van der Waals surface area contributed by atoms with E-state index in [4.69, 9.17) is 24.4 Å². The van der Waals surface area contributed by atoms with Crippen molar-refractivity contribution in [2.24, 2.45) is 0 Å². The van der Waals surface area contributed by atoms with Crippen molar-refractivity contribution in [3.8, 4) is 67.0 Å². The van der Waals surface area contributed by atoms with Crippen LogP contribution in [0.2, 0.25) is 0 Å². The normalized spacial score (nSPS) is 12.1. The van der Waals surface area contributed by atoms with Crippen molar-refractivity contribution < 1.29 is 4.42 Å². The minimum Gasteiger partial charge on any atom is -0.456 e. The second kappa shape index (κ2) is 19.7. The quantitative estimate of drug-likeness (QED) is 0.159. The van der Waals surface area contributed by atoms with Gasteiger partial charge in [-0.2, -0.15) is 0 Å². The van der Waals surface area contributed by atoms with Gasteiger partial charge in [-0.25, -0.2) is 0 Å². The third-order valence-corrected chi connectivity index (χ3v) is 20.2. The van der Waals surface area contributed by atoms with Crippen LogP contribution in [0.4, 0.5) is 0 Å². The number of rotatable bonds is 7. The Balaban J connectivity index is 0.660. The first-order chi connectivity index (χ1) is 45.6. The second-order valence-corrected chi connectivity index (χ2v) is 25.2. The van der Waals surface area contributed by atoms with Gasteiger partial charge in [0.1, 0.15) is 22.2 Å². The molecule has 0 atom stereocenters. The number of nitrogens with zero attached hydrogens (tertiary/aromatic N) is 6. The van der Waals surface area contributed by atoms with Crippen molar-refractivity contribution in [3.05, 3.63) is 292 Å². The predicted octanol–water partition coefficient (Wildman–Crippen LogP) is 22.7. The number of fused-ring (bicyclic) bond motifs is 16. The first kappa shape index (κ1) is 50.9. The van der Waals surface area contributed by atoms with E-state index in [0.29, 0.717) is 0 Å². The van der Waals surface area contributed by atoms with Crippen LogP contribution in [0.3, 0.4) is 0 Å². The van der Waals surface area contributed by atoms with Crippen LogP contribution in [0.25, 0.3) is 196 Å². The molecule has 7 nitrogen and oxygen atoms in total. The molecule has 14 aromatic carbocycles. The van der Waals surface area contributed by atoms with Gasteiger partial charge in [0.25, 0.3) is 0 Å². The Morgan fingerprint density at radius 1 is 0.250 bits per heavy atom. The molecule has 92 heavy (non-hydrogen) atoms. The minimum absolute atomic E-state index is 0.826. The van der Waals surface area contributed by atoms with Crippen LogP contribution < -0.4 is 0 Å². The zero-order valence-corrected chi connectivity index (χ0v) is 50.0. The van der Waals surface area contributed by atoms with Crippen molar-refractivity contribution >= 4 is 141 Å². The molecular weight excluding hydrogens is 1140 g/mol. The van der Waals surface area contributed by atoms with E-state index in [-0.39, 0.29) is 0 Å². The summed E-state index contributed by atoms with van der Waals surface area (Å²) in [7, 11) is 0. The van der Waals surface area contributed by atoms with Crippen LogP contribution in [0.15, 0.2) is 296 Å². The predicted molar refractivity (Wildman–Crippen MR) is 384 cm³/mol. The molecule has 0 saturated heterocycles. The maximum atomic E-state index is 6.36. The van der Waals surface area contributed by atoms with E-state index in [9.17, 15) is 0 Å². The van der Waals surface area contributed by atoms with E-state index in [0.717, 1.165) is 111 Å². The second-order valence-electron chi connectivity index (χ2n) is 24.1. The number of furan rings is 1. The molecule has 20 rings (SSSR count). The summed E-state index contributed by atoms with van der Waals surface area (Å²) in [5.74, 6) is 0. The van der Waals surface area contributed by atoms with E-state index in [1.54, 1.807) is 12.4 Å². The molecule has 0 radical (unpaired) electrons. The molecule has 8 heteroatoms. The molecule has 0 saturated carbocycles. The molecule has 0 bridgehead atoms. The number of aromatic nitrogens is 6. The van der Waals surface area contributed by atoms with Gasteiger partial charge in [-0.3, -0.25) is 19.9 Å². The fourth-order valence-electron chi connectivity index (χ4n) is 14.7. The summed E-state index contributed by atoms with van der Waals surface area (Å²) in [5.41, 5.74) is 22.8. The van der Waals surface area contributed by atoms with Crippen molar-refractivity contribution in [2.45, 2.75) is 0 Å². The summed E-state index contributed by atoms with van der Waals surface area (Å²) >= 11 is 1.84. The highest BCUT2D eigenvalue weighted by molar-refractivity contribution is 7.25. The fourth-order valence-corrected chi connectivity index (χ4v) is 15.9. The van der Waals surface area contributed by atoms with E-state index in [1.165, 1.54) is 85.5 Å². The lowest BCUT2D eigenvalue weighted by atomic mass is 9.97. The third-order valence-electron chi connectivity index (χ3n) is 19.1. The SMILES string of the molecule is c1ccc(-c2ccc3c(c2)c2cc4ccccc4cc2n3-c2ccc(-c3ccc4c(c3)sc3cc(-c5cccc(-c6ccc7c(c6)c6cc8ccccc8cc6n7-c6ccc(-c7ccc8c(c7)oc7ccccc78)c7nccnc67)c5)ccc34)c3nccnc23)cc1. The minimum atomic E-state index is 0.826. The standard InChI is InChI=1S/C84H48N6OS/c1-2-11-49(12-3-1)56-24-31-71-67(42-56)69-40-52-13-4-6-15-54(52)44-75(69)89(71)74-34-30-62(82-84(74)88-38-36-86-82)60-23-28-66-65-27-21-58(47-79(65)92-80(66)48-60)51-18-10-17-50(39-51)57-25-32-72-68(43-57)70-41-53-14-5-7-16-55(53)45-76(70)90(72)73-33-29-61(81-83(73)87-37-35-85-81)59-22-26-64-63-19-8-9-20-77(63)91-78(64)46-59/h1-48H. The van der Waals surface area contributed by atoms with Crippen LogP contribution in [0.5, 0.6) is 0 Å². The summed E-state index contributed by atoms with van der Waals surface area (Å²) in [6, 6.07) is 97.4. The Morgan fingerprint density at radius 3 is 1.27 bits per heavy atom. The molecular formula is C84H48N6OS. The fraction of sp³-hybridized carbons (Fsp3) is 0. The van der Waals surface area contributed by atoms with Gasteiger partial charge in [0.2, 0.25) is 0 Å². The lowest BCUT2D eigenvalue weighted by molar-refractivity contribution is 0.669. The summed E-state index contributed by atoms with van der Waals surface area (Å²) in [5, 5.41) is 14.2. The molecule has 0 amide bonds. The molecule has 0 aliphatic heterocycles. The van der Waals surface area contributed by atoms with Gasteiger partial charge in [-0.05, 0) is 175 Å². The third kappa shape index (κ3) is 7.74. The van der Waals surface area contributed by atoms with Gasteiger partial charge in [0, 0.05) is 88.4 Å². The highest BCUT2D eigenvalue weighted by Crippen LogP contribution is 2.45. The Kier molecular flexibility index (Phi) is 10.9. The summed E-state index contributed by atoms with van der Waals surface area (Å²) in [6.07, 6.45) is 7.23. The van der Waals surface area contributed by atoms with Crippen LogP contribution in [0.1, 0.15) is 0 Å². The van der Waals surface area contributed by atoms with Crippen molar-refractivity contribution in [3.63, 3.8) is 0 Å². The van der Waals surface area contributed by atoms with Gasteiger partial charge in [0.15, 0.2) is 0 Å². The van der Waals surface area contributed by atoms with Gasteiger partial charge in [0.05, 0.1) is 44.5 Å². The number of thiophene rings is 1. The smallest absolute Gasteiger partial charge is 0.136 e. The number of hydrogen-bond donors (Lipinski definition) is 0. The topological polar surface area (TPSA) is 74.6 Å². The van der Waals surface area contributed by atoms with Crippen molar-refractivity contribution in [1.29, 1.82) is 0 Å². The van der Waals surface area contributed by atoms with Gasteiger partial charge < -0.3 is 13.6 Å². The molecule has 0 unspecified atom stereocenters. The van der Waals surface area contributed by atoms with Crippen LogP contribution in [-0.4, -0.2) is 29.1 Å². The largest absolute Gasteiger partial charge is 0.456 e. The highest BCUT2D eigenvalue weighted by Gasteiger charge is 2.23.